The van der Waals surface area contributed by atoms with E-state index in [2.05, 4.69) is 25.7 Å². The summed E-state index contributed by atoms with van der Waals surface area (Å²) in [5.74, 6) is 1.49. The van der Waals surface area contributed by atoms with Crippen LogP contribution >= 0.6 is 0 Å². The van der Waals surface area contributed by atoms with Crippen LogP contribution < -0.4 is 0 Å². The Hall–Kier alpha value is -0.410. The third kappa shape index (κ3) is 5.23. The van der Waals surface area contributed by atoms with Gasteiger partial charge in [-0.15, -0.1) is 0 Å². The lowest BCUT2D eigenvalue weighted by atomic mass is 9.79. The second-order valence-corrected chi connectivity index (χ2v) is 5.96. The summed E-state index contributed by atoms with van der Waals surface area (Å²) >= 11 is 0. The Balaban J connectivity index is 2.57. The van der Waals surface area contributed by atoms with Crippen LogP contribution in [0.4, 0.5) is 0 Å². The largest absolute Gasteiger partial charge is 0.383 e. The molecule has 0 aromatic heterocycles. The summed E-state index contributed by atoms with van der Waals surface area (Å²) in [4.78, 5) is 14.6. The van der Waals surface area contributed by atoms with Crippen molar-refractivity contribution in [1.82, 2.24) is 4.90 Å². The molecule has 3 atom stereocenters. The minimum absolute atomic E-state index is 0.254. The van der Waals surface area contributed by atoms with E-state index in [4.69, 9.17) is 4.74 Å². The van der Waals surface area contributed by atoms with Crippen molar-refractivity contribution < 1.29 is 9.53 Å². The Morgan fingerprint density at radius 2 is 2.16 bits per heavy atom. The first kappa shape index (κ1) is 16.6. The number of hydrogen-bond donors (Lipinski definition) is 0. The maximum atomic E-state index is 12.1. The first-order chi connectivity index (χ1) is 9.12. The minimum atomic E-state index is 0.254. The number of methoxy groups -OCH3 is 1. The molecule has 0 aliphatic heterocycles. The number of nitrogens with zero attached hydrogens (tertiary/aromatic N) is 1. The molecule has 0 aromatic carbocycles. The number of ether oxygens (including phenoxy) is 1. The molecule has 1 aliphatic carbocycles. The van der Waals surface area contributed by atoms with Gasteiger partial charge >= 0.3 is 0 Å². The van der Waals surface area contributed by atoms with E-state index in [-0.39, 0.29) is 5.92 Å². The van der Waals surface area contributed by atoms with Crippen LogP contribution in [-0.2, 0) is 9.53 Å². The summed E-state index contributed by atoms with van der Waals surface area (Å²) < 4.78 is 5.20. The van der Waals surface area contributed by atoms with Gasteiger partial charge in [0.05, 0.1) is 6.61 Å². The van der Waals surface area contributed by atoms with Gasteiger partial charge in [0.2, 0.25) is 0 Å². The zero-order valence-corrected chi connectivity index (χ0v) is 13.2. The van der Waals surface area contributed by atoms with E-state index in [1.165, 1.54) is 6.42 Å². The van der Waals surface area contributed by atoms with E-state index < -0.39 is 0 Å². The van der Waals surface area contributed by atoms with E-state index in [1.807, 2.05) is 0 Å². The molecule has 0 bridgehead atoms. The summed E-state index contributed by atoms with van der Waals surface area (Å²) in [7, 11) is 1.74. The van der Waals surface area contributed by atoms with Crippen molar-refractivity contribution in [3.8, 4) is 0 Å². The summed E-state index contributed by atoms with van der Waals surface area (Å²) in [5, 5.41) is 0. The maximum Gasteiger partial charge on any atom is 0.137 e. The highest BCUT2D eigenvalue weighted by Crippen LogP contribution is 2.29. The molecule has 3 nitrogen and oxygen atoms in total. The smallest absolute Gasteiger partial charge is 0.137 e. The molecule has 0 heterocycles. The third-order valence-corrected chi connectivity index (χ3v) is 4.70. The molecule has 0 aromatic rings. The molecule has 1 fully saturated rings. The fourth-order valence-electron chi connectivity index (χ4n) is 2.99. The number of Topliss-reactive ketones (excluding diaryl/α,β-unsaturated/α-hetero) is 1. The van der Waals surface area contributed by atoms with Crippen LogP contribution in [0.25, 0.3) is 0 Å². The lowest BCUT2D eigenvalue weighted by molar-refractivity contribution is -0.126. The maximum absolute atomic E-state index is 12.1. The Bertz CT molecular complexity index is 267. The molecular weight excluding hydrogens is 238 g/mol. The molecule has 1 saturated carbocycles. The highest BCUT2D eigenvalue weighted by atomic mass is 16.5. The van der Waals surface area contributed by atoms with Gasteiger partial charge in [0.1, 0.15) is 5.78 Å². The second kappa shape index (κ2) is 8.70. The second-order valence-electron chi connectivity index (χ2n) is 5.96. The number of ketones is 1. The molecule has 3 heteroatoms. The number of rotatable bonds is 8. The Morgan fingerprint density at radius 1 is 1.42 bits per heavy atom. The lowest BCUT2D eigenvalue weighted by Gasteiger charge is -2.35. The molecule has 1 rings (SSSR count). The van der Waals surface area contributed by atoms with E-state index in [0.29, 0.717) is 11.8 Å². The van der Waals surface area contributed by atoms with Gasteiger partial charge < -0.3 is 4.74 Å². The molecular formula is C16H31NO2. The van der Waals surface area contributed by atoms with Crippen molar-refractivity contribution in [3.63, 3.8) is 0 Å². The van der Waals surface area contributed by atoms with Gasteiger partial charge in [-0.1, -0.05) is 20.3 Å². The Kier molecular flexibility index (Phi) is 7.62. The van der Waals surface area contributed by atoms with Crippen molar-refractivity contribution >= 4 is 5.78 Å². The highest BCUT2D eigenvalue weighted by molar-refractivity contribution is 5.81. The molecule has 0 spiro atoms. The van der Waals surface area contributed by atoms with Crippen LogP contribution in [0.2, 0.25) is 0 Å². The van der Waals surface area contributed by atoms with Crippen LogP contribution in [0.3, 0.4) is 0 Å². The number of hydrogen-bond acceptors (Lipinski definition) is 3. The molecule has 1 aliphatic rings. The van der Waals surface area contributed by atoms with Gasteiger partial charge in [-0.2, -0.15) is 0 Å². The van der Waals surface area contributed by atoms with Gasteiger partial charge in [-0.3, -0.25) is 9.69 Å². The normalized spacial score (nSPS) is 25.8. The zero-order chi connectivity index (χ0) is 14.3. The first-order valence-corrected chi connectivity index (χ1v) is 7.87. The highest BCUT2D eigenvalue weighted by Gasteiger charge is 2.30. The average molecular weight is 269 g/mol. The molecule has 112 valence electrons. The van der Waals surface area contributed by atoms with Crippen LogP contribution in [0.15, 0.2) is 0 Å². The van der Waals surface area contributed by atoms with Crippen LogP contribution in [0.1, 0.15) is 52.9 Å². The average Bonchev–Trinajstić information content (AvgIpc) is 2.44. The summed E-state index contributed by atoms with van der Waals surface area (Å²) in [5.41, 5.74) is 0. The van der Waals surface area contributed by atoms with Crippen LogP contribution in [0.5, 0.6) is 0 Å². The van der Waals surface area contributed by atoms with Gasteiger partial charge in [-0.25, -0.2) is 0 Å². The van der Waals surface area contributed by atoms with Crippen LogP contribution in [-0.4, -0.2) is 43.5 Å². The quantitative estimate of drug-likeness (QED) is 0.678. The summed E-state index contributed by atoms with van der Waals surface area (Å²) in [6.45, 7) is 9.32. The summed E-state index contributed by atoms with van der Waals surface area (Å²) in [6, 6.07) is 0.532. The standard InChI is InChI=1S/C16H31NO2/c1-5-13(3)17(9-10-19-4)12-15-11-14(6-2)7-8-16(15)18/h13-15H,5-12H2,1-4H3. The predicted molar refractivity (Wildman–Crippen MR) is 79.3 cm³/mol. The topological polar surface area (TPSA) is 29.5 Å². The Morgan fingerprint density at radius 3 is 2.74 bits per heavy atom. The van der Waals surface area contributed by atoms with Crippen LogP contribution in [0, 0.1) is 11.8 Å². The van der Waals surface area contributed by atoms with Crippen molar-refractivity contribution in [1.29, 1.82) is 0 Å². The van der Waals surface area contributed by atoms with Crippen molar-refractivity contribution in [3.05, 3.63) is 0 Å². The van der Waals surface area contributed by atoms with E-state index in [9.17, 15) is 4.79 Å². The van der Waals surface area contributed by atoms with Gasteiger partial charge in [0.15, 0.2) is 0 Å². The number of carbonyl (C=O) groups is 1. The Labute approximate surface area is 118 Å². The fraction of sp³-hybridized carbons (Fsp3) is 0.938. The molecule has 0 amide bonds. The molecule has 0 saturated heterocycles. The van der Waals surface area contributed by atoms with Gasteiger partial charge in [0, 0.05) is 38.6 Å². The molecule has 3 unspecified atom stereocenters. The molecule has 0 N–H and O–H groups in total. The zero-order valence-electron chi connectivity index (χ0n) is 13.2. The predicted octanol–water partition coefficient (Wildman–Crippen LogP) is 3.13. The van der Waals surface area contributed by atoms with Gasteiger partial charge in [-0.05, 0) is 32.1 Å². The van der Waals surface area contributed by atoms with E-state index >= 15 is 0 Å². The minimum Gasteiger partial charge on any atom is -0.383 e. The van der Waals surface area contributed by atoms with Crippen molar-refractivity contribution in [2.24, 2.45) is 11.8 Å². The molecule has 0 radical (unpaired) electrons. The van der Waals surface area contributed by atoms with E-state index in [1.54, 1.807) is 7.11 Å². The summed E-state index contributed by atoms with van der Waals surface area (Å²) in [6.07, 6.45) is 5.33. The monoisotopic (exact) mass is 269 g/mol. The SMILES string of the molecule is CCC1CCC(=O)C(CN(CCOC)C(C)CC)C1. The first-order valence-electron chi connectivity index (χ1n) is 7.87. The fourth-order valence-corrected chi connectivity index (χ4v) is 2.99. The number of carbonyl (C=O) groups excluding carboxylic acids is 1. The van der Waals surface area contributed by atoms with Crippen molar-refractivity contribution in [2.45, 2.75) is 58.9 Å². The van der Waals surface area contributed by atoms with Gasteiger partial charge in [0.25, 0.3) is 0 Å². The lowest BCUT2D eigenvalue weighted by Crippen LogP contribution is -2.42. The van der Waals surface area contributed by atoms with Crippen molar-refractivity contribution in [2.75, 3.05) is 26.8 Å². The molecule has 19 heavy (non-hydrogen) atoms. The third-order valence-electron chi connectivity index (χ3n) is 4.70. The van der Waals surface area contributed by atoms with E-state index in [0.717, 1.165) is 51.3 Å².